The van der Waals surface area contributed by atoms with Crippen molar-refractivity contribution in [3.63, 3.8) is 0 Å². The molecular weight excluding hydrogens is 851 g/mol. The van der Waals surface area contributed by atoms with Crippen molar-refractivity contribution in [1.29, 1.82) is 0 Å². The highest BCUT2D eigenvalue weighted by atomic mass is 32.2. The van der Waals surface area contributed by atoms with Gasteiger partial charge in [-0.3, -0.25) is 38.5 Å². The Morgan fingerprint density at radius 3 is 2.28 bits per heavy atom. The van der Waals surface area contributed by atoms with Crippen LogP contribution in [0, 0.1) is 6.92 Å². The lowest BCUT2D eigenvalue weighted by molar-refractivity contribution is -0.151. The summed E-state index contributed by atoms with van der Waals surface area (Å²) >= 11 is 2.09. The van der Waals surface area contributed by atoms with Gasteiger partial charge in [0.2, 0.25) is 16.5 Å². The van der Waals surface area contributed by atoms with Crippen LogP contribution in [0.4, 0.5) is 0 Å². The van der Waals surface area contributed by atoms with Crippen LogP contribution in [-0.2, 0) is 40.1 Å². The van der Waals surface area contributed by atoms with Crippen molar-refractivity contribution in [2.24, 2.45) is 0 Å². The van der Waals surface area contributed by atoms with Crippen molar-refractivity contribution < 1.29 is 72.3 Å². The maximum atomic E-state index is 14.1. The molecule has 3 atom stereocenters. The lowest BCUT2D eigenvalue weighted by atomic mass is 10.0. The summed E-state index contributed by atoms with van der Waals surface area (Å²) in [6.07, 6.45) is 0. The Hall–Kier alpha value is -7.28. The molecule has 25 heteroatoms. The third-order valence-electron chi connectivity index (χ3n) is 8.69. The number of β-lactam (4-membered cyclic amide) rings is 1. The molecule has 0 aliphatic carbocycles. The van der Waals surface area contributed by atoms with E-state index in [1.165, 1.54) is 31.2 Å². The lowest BCUT2D eigenvalue weighted by Gasteiger charge is -2.49. The summed E-state index contributed by atoms with van der Waals surface area (Å²) in [6, 6.07) is 4.50. The Bertz CT molecular complexity index is 2610. The van der Waals surface area contributed by atoms with Crippen LogP contribution in [0.15, 0.2) is 62.0 Å². The number of ether oxygens (including phenoxy) is 3. The molecule has 4 heterocycles. The molecule has 6 rings (SSSR count). The van der Waals surface area contributed by atoms with Gasteiger partial charge in [0.15, 0.2) is 18.1 Å². The average Bonchev–Trinajstić information content (AvgIpc) is 3.63. The number of hydrogen-bond acceptors (Lipinski definition) is 18. The Balaban J connectivity index is 1.28. The summed E-state index contributed by atoms with van der Waals surface area (Å²) < 4.78 is 22.1. The molecule has 0 saturated carbocycles. The topological polar surface area (TPSA) is 326 Å². The zero-order chi connectivity index (χ0) is 44.3. The molecule has 4 aromatic rings. The normalized spacial score (nSPS) is 16.2. The van der Waals surface area contributed by atoms with Gasteiger partial charge in [0.1, 0.15) is 52.4 Å². The van der Waals surface area contributed by atoms with Gasteiger partial charge in [-0.2, -0.15) is 0 Å². The maximum absolute atomic E-state index is 14.1. The van der Waals surface area contributed by atoms with E-state index in [0.717, 1.165) is 59.1 Å². The van der Waals surface area contributed by atoms with Crippen LogP contribution in [0.2, 0.25) is 0 Å². The van der Waals surface area contributed by atoms with Crippen LogP contribution in [0.25, 0.3) is 11.0 Å². The number of carboxylic acid groups (broad SMARTS) is 3. The molecule has 2 aromatic carbocycles. The zero-order valence-corrected chi connectivity index (χ0v) is 33.4. The van der Waals surface area contributed by atoms with E-state index < -0.39 is 89.2 Å². The zero-order valence-electron chi connectivity index (χ0n) is 31.7. The molecule has 61 heavy (non-hydrogen) atoms. The van der Waals surface area contributed by atoms with Crippen molar-refractivity contribution in [3.05, 3.63) is 74.8 Å². The fourth-order valence-electron chi connectivity index (χ4n) is 6.16. The van der Waals surface area contributed by atoms with Gasteiger partial charge in [-0.15, -0.1) is 16.9 Å². The van der Waals surface area contributed by atoms with Crippen LogP contribution in [-0.4, -0.2) is 118 Å². The largest absolute Gasteiger partial charge is 0.482 e. The number of aryl methyl sites for hydroxylation is 1. The van der Waals surface area contributed by atoms with Crippen LogP contribution in [0.5, 0.6) is 17.2 Å². The number of carbonyl (C=O) groups excluding carboxylic acids is 5. The fraction of sp³-hybridized carbons (Fsp3) is 0.278. The number of tetrazole rings is 1. The number of rotatable bonds is 16. The van der Waals surface area contributed by atoms with E-state index in [-0.39, 0.29) is 61.9 Å². The molecule has 2 aliphatic rings. The van der Waals surface area contributed by atoms with E-state index >= 15 is 0 Å². The van der Waals surface area contributed by atoms with Crippen molar-refractivity contribution in [3.8, 4) is 17.2 Å². The molecule has 318 valence electrons. The molecule has 2 aromatic heterocycles. The molecule has 0 radical (unpaired) electrons. The standard InChI is InChI=1S/C36H31N7O16S2/c1-14-26(30(50)20-8-22(58-15(2)44)23(59-16(3)45)9-21(20)57-14)31(51)37-27(17-4-6-19(7-5-17)56-11-25(48)49)32(52)38-28-33(53)43-29(35(54)55)18(12-60-34(28)43)13-61-36-39-40-41-42(36)10-24(46)47/h4-9,27-28,34H,10-13H2,1-3H3,(H,37,51)(H,38,52)(H,46,47)(H,48,49)(H,54,55)/t27?,28-,34-/m0/s1. The third kappa shape index (κ3) is 9.46. The molecule has 0 spiro atoms. The number of carboxylic acids is 3. The van der Waals surface area contributed by atoms with E-state index in [9.17, 15) is 48.3 Å². The number of aromatic nitrogens is 4. The predicted octanol–water partition coefficient (Wildman–Crippen LogP) is 0.489. The monoisotopic (exact) mass is 881 g/mol. The number of amides is 3. The summed E-state index contributed by atoms with van der Waals surface area (Å²) in [7, 11) is 0. The van der Waals surface area contributed by atoms with E-state index in [4.69, 9.17) is 28.8 Å². The second kappa shape index (κ2) is 17.9. The van der Waals surface area contributed by atoms with Crippen molar-refractivity contribution in [1.82, 2.24) is 35.7 Å². The Labute approximate surface area is 349 Å². The third-order valence-corrected chi connectivity index (χ3v) is 11.1. The Morgan fingerprint density at radius 1 is 0.984 bits per heavy atom. The van der Waals surface area contributed by atoms with Gasteiger partial charge >= 0.3 is 29.8 Å². The summed E-state index contributed by atoms with van der Waals surface area (Å²) in [5.74, 6) is -9.07. The number of nitrogens with zero attached hydrogens (tertiary/aromatic N) is 5. The van der Waals surface area contributed by atoms with Crippen molar-refractivity contribution >= 4 is 82.1 Å². The van der Waals surface area contributed by atoms with Crippen LogP contribution in [0.3, 0.4) is 0 Å². The van der Waals surface area contributed by atoms with Gasteiger partial charge in [-0.1, -0.05) is 23.9 Å². The molecule has 5 N–H and O–H groups in total. The first kappa shape index (κ1) is 43.3. The first-order valence-electron chi connectivity index (χ1n) is 17.5. The summed E-state index contributed by atoms with van der Waals surface area (Å²) in [5.41, 5.74) is -1.63. The number of fused-ring (bicyclic) bond motifs is 2. The SMILES string of the molecule is CC(=O)Oc1cc2oc(C)c(C(=O)NC(C(=O)N[C@H]3C(=O)N4C(C(=O)O)=C(CSc5nnnn5CC(=O)O)CS[C@@H]34)c3ccc(OCC(=O)O)cc3)c(=O)c2cc1OC(C)=O. The summed E-state index contributed by atoms with van der Waals surface area (Å²) in [4.78, 5) is 115. The number of nitrogens with one attached hydrogen (secondary N) is 2. The van der Waals surface area contributed by atoms with E-state index in [2.05, 4.69) is 26.2 Å². The van der Waals surface area contributed by atoms with Crippen LogP contribution < -0.4 is 30.3 Å². The second-order valence-corrected chi connectivity index (χ2v) is 15.0. The number of aliphatic carboxylic acids is 3. The van der Waals surface area contributed by atoms with Gasteiger partial charge in [0.25, 0.3) is 11.8 Å². The number of thioether (sulfide) groups is 2. The van der Waals surface area contributed by atoms with Gasteiger partial charge in [0, 0.05) is 31.4 Å². The van der Waals surface area contributed by atoms with Crippen molar-refractivity contribution in [2.45, 2.75) is 49.9 Å². The summed E-state index contributed by atoms with van der Waals surface area (Å²) in [5, 5.41) is 43.0. The first-order chi connectivity index (χ1) is 28.9. The number of hydrogen-bond donors (Lipinski definition) is 5. The predicted molar refractivity (Wildman–Crippen MR) is 205 cm³/mol. The van der Waals surface area contributed by atoms with E-state index in [0.29, 0.717) is 5.57 Å². The molecule has 23 nitrogen and oxygen atoms in total. The molecule has 0 bridgehead atoms. The minimum absolute atomic E-state index is 0.0248. The van der Waals surface area contributed by atoms with Gasteiger partial charge in [-0.05, 0) is 46.7 Å². The molecule has 2 aliphatic heterocycles. The Kier molecular flexibility index (Phi) is 12.7. The number of carbonyl (C=O) groups is 8. The smallest absolute Gasteiger partial charge is 0.352 e. The lowest BCUT2D eigenvalue weighted by Crippen LogP contribution is -2.71. The summed E-state index contributed by atoms with van der Waals surface area (Å²) in [6.45, 7) is 2.21. The van der Waals surface area contributed by atoms with Gasteiger partial charge < -0.3 is 44.6 Å². The minimum Gasteiger partial charge on any atom is -0.482 e. The highest BCUT2D eigenvalue weighted by Gasteiger charge is 2.54. The van der Waals surface area contributed by atoms with Gasteiger partial charge in [-0.25, -0.2) is 14.3 Å². The quantitative estimate of drug-likeness (QED) is 0.0442. The number of esters is 2. The molecule has 1 saturated heterocycles. The molecular formula is C36H31N7O16S2. The van der Waals surface area contributed by atoms with Crippen molar-refractivity contribution in [2.75, 3.05) is 18.1 Å². The molecule has 1 fully saturated rings. The molecule has 3 amide bonds. The van der Waals surface area contributed by atoms with Crippen LogP contribution >= 0.6 is 23.5 Å². The first-order valence-corrected chi connectivity index (χ1v) is 19.5. The highest BCUT2D eigenvalue weighted by Crippen LogP contribution is 2.42. The van der Waals surface area contributed by atoms with E-state index in [1.54, 1.807) is 0 Å². The average molecular weight is 882 g/mol. The highest BCUT2D eigenvalue weighted by molar-refractivity contribution is 8.01. The fourth-order valence-corrected chi connectivity index (χ4v) is 8.52. The number of benzene rings is 2. The van der Waals surface area contributed by atoms with Gasteiger partial charge in [0.05, 0.1) is 5.39 Å². The maximum Gasteiger partial charge on any atom is 0.352 e. The minimum atomic E-state index is -1.65. The molecule has 1 unspecified atom stereocenters. The van der Waals surface area contributed by atoms with E-state index in [1.807, 2.05) is 0 Å². The van der Waals surface area contributed by atoms with Crippen LogP contribution in [0.1, 0.15) is 41.6 Å². The Morgan fingerprint density at radius 2 is 1.66 bits per heavy atom. The second-order valence-electron chi connectivity index (χ2n) is 13.0.